The minimum Gasteiger partial charge on any atom is -0.486 e. The zero-order chi connectivity index (χ0) is 25.5. The van der Waals surface area contributed by atoms with E-state index < -0.39 is 6.04 Å². The van der Waals surface area contributed by atoms with Crippen LogP contribution in [0.3, 0.4) is 0 Å². The number of rotatable bonds is 9. The molecule has 0 aliphatic carbocycles. The third kappa shape index (κ3) is 6.50. The molecular formula is C28H28Cl2N2O4. The van der Waals surface area contributed by atoms with E-state index in [0.717, 1.165) is 16.7 Å². The molecule has 0 spiro atoms. The molecule has 2 amide bonds. The van der Waals surface area contributed by atoms with Gasteiger partial charge in [-0.15, -0.1) is 0 Å². The summed E-state index contributed by atoms with van der Waals surface area (Å²) in [7, 11) is 1.58. The number of likely N-dealkylation sites (N-methyl/N-ethyl adjacent to an activating group) is 1. The first kappa shape index (κ1) is 25.9. The Bertz CT molecular complexity index is 1220. The molecule has 0 fully saturated rings. The van der Waals surface area contributed by atoms with Crippen LogP contribution in [0.15, 0.2) is 66.7 Å². The van der Waals surface area contributed by atoms with Gasteiger partial charge in [-0.25, -0.2) is 0 Å². The number of fused-ring (bicyclic) bond motifs is 1. The number of nitrogens with one attached hydrogen (secondary N) is 1. The Hall–Kier alpha value is -3.22. The molecule has 0 aromatic heterocycles. The van der Waals surface area contributed by atoms with Crippen LogP contribution in [0.5, 0.6) is 11.5 Å². The smallest absolute Gasteiger partial charge is 0.242 e. The van der Waals surface area contributed by atoms with Crippen molar-refractivity contribution in [2.75, 3.05) is 20.3 Å². The molecule has 8 heteroatoms. The number of carbonyl (C=O) groups is 2. The van der Waals surface area contributed by atoms with E-state index in [1.807, 2.05) is 54.6 Å². The van der Waals surface area contributed by atoms with Crippen molar-refractivity contribution in [2.45, 2.75) is 31.8 Å². The summed E-state index contributed by atoms with van der Waals surface area (Å²) >= 11 is 12.3. The van der Waals surface area contributed by atoms with Gasteiger partial charge in [0.1, 0.15) is 19.3 Å². The molecule has 0 saturated heterocycles. The number of nitrogens with zero attached hydrogens (tertiary/aromatic N) is 1. The molecule has 188 valence electrons. The number of benzene rings is 3. The second kappa shape index (κ2) is 12.2. The summed E-state index contributed by atoms with van der Waals surface area (Å²) in [5.41, 5.74) is 2.71. The molecule has 3 aromatic carbocycles. The monoisotopic (exact) mass is 526 g/mol. The minimum absolute atomic E-state index is 0.138. The predicted octanol–water partition coefficient (Wildman–Crippen LogP) is 5.08. The van der Waals surface area contributed by atoms with Gasteiger partial charge in [0.2, 0.25) is 11.8 Å². The van der Waals surface area contributed by atoms with Crippen LogP contribution in [-0.2, 0) is 29.0 Å². The van der Waals surface area contributed by atoms with Crippen molar-refractivity contribution in [3.63, 3.8) is 0 Å². The van der Waals surface area contributed by atoms with Crippen LogP contribution in [0, 0.1) is 0 Å². The lowest BCUT2D eigenvalue weighted by atomic mass is 10.0. The van der Waals surface area contributed by atoms with Crippen molar-refractivity contribution in [1.82, 2.24) is 10.2 Å². The third-order valence-corrected chi connectivity index (χ3v) is 6.83. The van der Waals surface area contributed by atoms with Crippen LogP contribution in [0.2, 0.25) is 10.0 Å². The van der Waals surface area contributed by atoms with Gasteiger partial charge >= 0.3 is 0 Å². The van der Waals surface area contributed by atoms with Crippen LogP contribution in [0.25, 0.3) is 0 Å². The van der Waals surface area contributed by atoms with E-state index in [-0.39, 0.29) is 24.8 Å². The maximum atomic E-state index is 13.6. The number of halogens is 2. The highest BCUT2D eigenvalue weighted by Gasteiger charge is 2.29. The van der Waals surface area contributed by atoms with Crippen molar-refractivity contribution in [1.29, 1.82) is 0 Å². The fraction of sp³-hybridized carbons (Fsp3) is 0.286. The number of amides is 2. The van der Waals surface area contributed by atoms with Gasteiger partial charge in [-0.1, -0.05) is 65.7 Å². The van der Waals surface area contributed by atoms with Crippen LogP contribution in [0.4, 0.5) is 0 Å². The van der Waals surface area contributed by atoms with Crippen molar-refractivity contribution in [3.05, 3.63) is 93.5 Å². The second-order valence-electron chi connectivity index (χ2n) is 8.57. The fourth-order valence-corrected chi connectivity index (χ4v) is 4.51. The van der Waals surface area contributed by atoms with E-state index in [1.165, 1.54) is 0 Å². The largest absolute Gasteiger partial charge is 0.486 e. The second-order valence-corrected chi connectivity index (χ2v) is 9.38. The summed E-state index contributed by atoms with van der Waals surface area (Å²) in [5, 5.41) is 3.56. The summed E-state index contributed by atoms with van der Waals surface area (Å²) in [4.78, 5) is 28.3. The van der Waals surface area contributed by atoms with Crippen molar-refractivity contribution in [3.8, 4) is 11.5 Å². The van der Waals surface area contributed by atoms with E-state index in [4.69, 9.17) is 32.7 Å². The number of ether oxygens (including phenoxy) is 2. The third-order valence-electron chi connectivity index (χ3n) is 6.09. The first-order valence-corrected chi connectivity index (χ1v) is 12.6. The van der Waals surface area contributed by atoms with Gasteiger partial charge in [-0.05, 0) is 47.4 Å². The van der Waals surface area contributed by atoms with Crippen molar-refractivity contribution in [2.24, 2.45) is 0 Å². The molecule has 0 radical (unpaired) electrons. The average Bonchev–Trinajstić information content (AvgIpc) is 2.91. The van der Waals surface area contributed by atoms with Gasteiger partial charge in [0.15, 0.2) is 11.5 Å². The number of hydrogen-bond acceptors (Lipinski definition) is 4. The van der Waals surface area contributed by atoms with Gasteiger partial charge in [-0.2, -0.15) is 0 Å². The highest BCUT2D eigenvalue weighted by atomic mass is 35.5. The quantitative estimate of drug-likeness (QED) is 0.422. The Morgan fingerprint density at radius 2 is 1.61 bits per heavy atom. The Morgan fingerprint density at radius 3 is 2.33 bits per heavy atom. The van der Waals surface area contributed by atoms with E-state index in [1.54, 1.807) is 24.1 Å². The van der Waals surface area contributed by atoms with E-state index >= 15 is 0 Å². The fourth-order valence-electron chi connectivity index (χ4n) is 4.19. The summed E-state index contributed by atoms with van der Waals surface area (Å²) in [6.45, 7) is 1.25. The lowest BCUT2D eigenvalue weighted by Crippen LogP contribution is -2.49. The first-order valence-electron chi connectivity index (χ1n) is 11.8. The highest BCUT2D eigenvalue weighted by molar-refractivity contribution is 6.42. The maximum Gasteiger partial charge on any atom is 0.242 e. The lowest BCUT2D eigenvalue weighted by molar-refractivity contribution is -0.141. The summed E-state index contributed by atoms with van der Waals surface area (Å²) < 4.78 is 11.3. The average molecular weight is 527 g/mol. The molecule has 3 aromatic rings. The van der Waals surface area contributed by atoms with Crippen LogP contribution < -0.4 is 14.8 Å². The van der Waals surface area contributed by atoms with Crippen LogP contribution >= 0.6 is 23.2 Å². The van der Waals surface area contributed by atoms with E-state index in [2.05, 4.69) is 5.32 Å². The molecule has 1 unspecified atom stereocenters. The Balaban J connectivity index is 1.58. The van der Waals surface area contributed by atoms with Crippen LogP contribution in [0.1, 0.15) is 23.1 Å². The number of carbonyl (C=O) groups excluding carboxylic acids is 2. The van der Waals surface area contributed by atoms with Gasteiger partial charge in [0.25, 0.3) is 0 Å². The Kier molecular flexibility index (Phi) is 8.73. The topological polar surface area (TPSA) is 67.9 Å². The lowest BCUT2D eigenvalue weighted by Gasteiger charge is -2.31. The molecule has 1 heterocycles. The zero-order valence-corrected chi connectivity index (χ0v) is 21.5. The molecule has 36 heavy (non-hydrogen) atoms. The SMILES string of the molecule is CNC(=O)C(Cc1ccccc1)N(Cc1ccc(Cl)c(Cl)c1)C(=O)CCc1ccc2c(c1)OCCO2. The Morgan fingerprint density at radius 1 is 0.889 bits per heavy atom. The Labute approximate surface area is 221 Å². The summed E-state index contributed by atoms with van der Waals surface area (Å²) in [6, 6.07) is 19.9. The molecule has 1 atom stereocenters. The predicted molar refractivity (Wildman–Crippen MR) is 141 cm³/mol. The summed E-state index contributed by atoms with van der Waals surface area (Å²) in [5.74, 6) is 1.03. The molecule has 1 aliphatic rings. The molecular weight excluding hydrogens is 499 g/mol. The normalized spacial score (nSPS) is 13.1. The van der Waals surface area contributed by atoms with Crippen molar-refractivity contribution < 1.29 is 19.1 Å². The highest BCUT2D eigenvalue weighted by Crippen LogP contribution is 2.31. The zero-order valence-electron chi connectivity index (χ0n) is 20.0. The van der Waals surface area contributed by atoms with Crippen LogP contribution in [-0.4, -0.2) is 43.0 Å². The van der Waals surface area contributed by atoms with Gasteiger partial charge < -0.3 is 19.7 Å². The molecule has 0 saturated carbocycles. The molecule has 4 rings (SSSR count). The van der Waals surface area contributed by atoms with Gasteiger partial charge in [0, 0.05) is 26.4 Å². The number of hydrogen-bond donors (Lipinski definition) is 1. The van der Waals surface area contributed by atoms with E-state index in [0.29, 0.717) is 47.6 Å². The van der Waals surface area contributed by atoms with Crippen molar-refractivity contribution >= 4 is 35.0 Å². The molecule has 1 aliphatic heterocycles. The van der Waals surface area contributed by atoms with E-state index in [9.17, 15) is 9.59 Å². The molecule has 0 bridgehead atoms. The number of aryl methyl sites for hydroxylation is 1. The maximum absolute atomic E-state index is 13.6. The van der Waals surface area contributed by atoms with Gasteiger partial charge in [-0.3, -0.25) is 9.59 Å². The minimum atomic E-state index is -0.695. The summed E-state index contributed by atoms with van der Waals surface area (Å²) in [6.07, 6.45) is 1.11. The molecule has 1 N–H and O–H groups in total. The standard InChI is InChI=1S/C28H28Cl2N2O4/c1-31-28(34)24(16-19-5-3-2-4-6-19)32(18-21-7-10-22(29)23(30)15-21)27(33)12-9-20-8-11-25-26(17-20)36-14-13-35-25/h2-8,10-11,15,17,24H,9,12-14,16,18H2,1H3,(H,31,34). The first-order chi connectivity index (χ1) is 17.4. The molecule has 6 nitrogen and oxygen atoms in total. The van der Waals surface area contributed by atoms with Gasteiger partial charge in [0.05, 0.1) is 10.0 Å².